The molecule has 0 amide bonds. The normalized spacial score (nSPS) is 12.8. The van der Waals surface area contributed by atoms with Gasteiger partial charge in [0, 0.05) is 11.6 Å². The zero-order valence-corrected chi connectivity index (χ0v) is 12.3. The highest BCUT2D eigenvalue weighted by Gasteiger charge is 2.05. The maximum atomic E-state index is 9.76. The Labute approximate surface area is 120 Å². The first kappa shape index (κ1) is 16.0. The molecule has 3 nitrogen and oxygen atoms in total. The molecule has 0 spiro atoms. The van der Waals surface area contributed by atoms with E-state index in [1.54, 1.807) is 6.07 Å². The first-order valence-corrected chi connectivity index (χ1v) is 6.90. The average molecular weight is 284 g/mol. The van der Waals surface area contributed by atoms with E-state index in [4.69, 9.17) is 16.3 Å². The fourth-order valence-electron chi connectivity index (χ4n) is 1.58. The Morgan fingerprint density at radius 2 is 2.26 bits per heavy atom. The van der Waals surface area contributed by atoms with E-state index in [1.165, 1.54) is 0 Å². The number of aryl methyl sites for hydroxylation is 1. The number of hydrogen-bond donors (Lipinski definition) is 2. The summed E-state index contributed by atoms with van der Waals surface area (Å²) >= 11 is 5.93. The summed E-state index contributed by atoms with van der Waals surface area (Å²) in [6.45, 7) is 5.59. The molecule has 2 N–H and O–H groups in total. The number of allylic oxidation sites excluding steroid dienone is 1. The SMILES string of the molecule is C/C=C/CCNCC(O)COc1ccc(Cl)c(C)c1. The van der Waals surface area contributed by atoms with Gasteiger partial charge in [0.25, 0.3) is 0 Å². The molecule has 0 fully saturated rings. The van der Waals surface area contributed by atoms with Gasteiger partial charge in [-0.05, 0) is 50.6 Å². The minimum atomic E-state index is -0.512. The van der Waals surface area contributed by atoms with Crippen LogP contribution in [-0.4, -0.2) is 30.9 Å². The number of aliphatic hydroxyl groups is 1. The molecule has 1 atom stereocenters. The van der Waals surface area contributed by atoms with Gasteiger partial charge in [-0.25, -0.2) is 0 Å². The molecule has 0 aliphatic rings. The molecular formula is C15H22ClNO2. The second-order valence-corrected chi connectivity index (χ2v) is 4.84. The molecule has 0 bridgehead atoms. The molecular weight excluding hydrogens is 262 g/mol. The Morgan fingerprint density at radius 3 is 2.95 bits per heavy atom. The van der Waals surface area contributed by atoms with Crippen molar-refractivity contribution in [1.82, 2.24) is 5.32 Å². The third kappa shape index (κ3) is 6.62. The van der Waals surface area contributed by atoms with E-state index in [9.17, 15) is 5.11 Å². The lowest BCUT2D eigenvalue weighted by Gasteiger charge is -2.13. The Bertz CT molecular complexity index is 407. The third-order valence-electron chi connectivity index (χ3n) is 2.68. The largest absolute Gasteiger partial charge is 0.491 e. The molecule has 0 aromatic heterocycles. The zero-order valence-electron chi connectivity index (χ0n) is 11.5. The van der Waals surface area contributed by atoms with Gasteiger partial charge in [0.05, 0.1) is 0 Å². The smallest absolute Gasteiger partial charge is 0.119 e. The third-order valence-corrected chi connectivity index (χ3v) is 3.10. The van der Waals surface area contributed by atoms with E-state index in [-0.39, 0.29) is 6.61 Å². The number of halogens is 1. The van der Waals surface area contributed by atoms with E-state index in [1.807, 2.05) is 32.1 Å². The molecule has 1 aromatic rings. The molecule has 1 rings (SSSR count). The molecule has 0 saturated heterocycles. The Kier molecular flexibility index (Phi) is 7.56. The summed E-state index contributed by atoms with van der Waals surface area (Å²) in [6.07, 6.45) is 4.57. The van der Waals surface area contributed by atoms with Crippen molar-refractivity contribution in [2.24, 2.45) is 0 Å². The molecule has 0 heterocycles. The van der Waals surface area contributed by atoms with Crippen molar-refractivity contribution >= 4 is 11.6 Å². The molecule has 4 heteroatoms. The number of hydrogen-bond acceptors (Lipinski definition) is 3. The van der Waals surface area contributed by atoms with Crippen LogP contribution in [-0.2, 0) is 0 Å². The fourth-order valence-corrected chi connectivity index (χ4v) is 1.70. The molecule has 1 unspecified atom stereocenters. The number of ether oxygens (including phenoxy) is 1. The van der Waals surface area contributed by atoms with Crippen molar-refractivity contribution in [2.45, 2.75) is 26.4 Å². The number of rotatable bonds is 8. The summed E-state index contributed by atoms with van der Waals surface area (Å²) < 4.78 is 5.52. The van der Waals surface area contributed by atoms with E-state index < -0.39 is 6.10 Å². The first-order chi connectivity index (χ1) is 9.13. The zero-order chi connectivity index (χ0) is 14.1. The Hall–Kier alpha value is -1.03. The van der Waals surface area contributed by atoms with Crippen LogP contribution < -0.4 is 10.1 Å². The molecule has 0 aliphatic heterocycles. The lowest BCUT2D eigenvalue weighted by atomic mass is 10.2. The Morgan fingerprint density at radius 1 is 1.47 bits per heavy atom. The summed E-state index contributed by atoms with van der Waals surface area (Å²) in [4.78, 5) is 0. The van der Waals surface area contributed by atoms with Crippen molar-refractivity contribution in [3.63, 3.8) is 0 Å². The van der Waals surface area contributed by atoms with Gasteiger partial charge in [0.2, 0.25) is 0 Å². The minimum Gasteiger partial charge on any atom is -0.491 e. The highest BCUT2D eigenvalue weighted by molar-refractivity contribution is 6.31. The lowest BCUT2D eigenvalue weighted by Crippen LogP contribution is -2.31. The van der Waals surface area contributed by atoms with Crippen molar-refractivity contribution in [2.75, 3.05) is 19.7 Å². The summed E-state index contributed by atoms with van der Waals surface area (Å²) in [5.41, 5.74) is 0.970. The van der Waals surface area contributed by atoms with Crippen molar-refractivity contribution in [3.8, 4) is 5.75 Å². The summed E-state index contributed by atoms with van der Waals surface area (Å²) in [5.74, 6) is 0.731. The van der Waals surface area contributed by atoms with Gasteiger partial charge in [-0.3, -0.25) is 0 Å². The quantitative estimate of drug-likeness (QED) is 0.569. The van der Waals surface area contributed by atoms with E-state index in [0.29, 0.717) is 6.54 Å². The van der Waals surface area contributed by atoms with Gasteiger partial charge in [-0.2, -0.15) is 0 Å². The van der Waals surface area contributed by atoms with Crippen LogP contribution >= 0.6 is 11.6 Å². The molecule has 19 heavy (non-hydrogen) atoms. The molecule has 0 saturated carbocycles. The van der Waals surface area contributed by atoms with Crippen LogP contribution in [0.3, 0.4) is 0 Å². The van der Waals surface area contributed by atoms with Crippen molar-refractivity contribution in [1.29, 1.82) is 0 Å². The Balaban J connectivity index is 2.22. The summed E-state index contributed by atoms with van der Waals surface area (Å²) in [5, 5.41) is 13.7. The van der Waals surface area contributed by atoms with Crippen LogP contribution in [0.25, 0.3) is 0 Å². The molecule has 1 aromatic carbocycles. The van der Waals surface area contributed by atoms with Crippen molar-refractivity contribution < 1.29 is 9.84 Å². The topological polar surface area (TPSA) is 41.5 Å². The highest BCUT2D eigenvalue weighted by Crippen LogP contribution is 2.20. The fraction of sp³-hybridized carbons (Fsp3) is 0.467. The number of aliphatic hydroxyl groups excluding tert-OH is 1. The maximum Gasteiger partial charge on any atom is 0.119 e. The van der Waals surface area contributed by atoms with Gasteiger partial charge in [-0.15, -0.1) is 0 Å². The number of benzene rings is 1. The van der Waals surface area contributed by atoms with Crippen LogP contribution in [0.5, 0.6) is 5.75 Å². The van der Waals surface area contributed by atoms with Crippen LogP contribution in [0.15, 0.2) is 30.4 Å². The second kappa shape index (κ2) is 8.97. The summed E-state index contributed by atoms with van der Waals surface area (Å²) in [7, 11) is 0. The maximum absolute atomic E-state index is 9.76. The van der Waals surface area contributed by atoms with Gasteiger partial charge >= 0.3 is 0 Å². The van der Waals surface area contributed by atoms with Gasteiger partial charge < -0.3 is 15.2 Å². The van der Waals surface area contributed by atoms with Gasteiger partial charge in [0.1, 0.15) is 18.5 Å². The van der Waals surface area contributed by atoms with Crippen LogP contribution in [0.2, 0.25) is 5.02 Å². The molecule has 0 radical (unpaired) electrons. The van der Waals surface area contributed by atoms with E-state index in [0.717, 1.165) is 29.3 Å². The van der Waals surface area contributed by atoms with Gasteiger partial charge in [-0.1, -0.05) is 23.8 Å². The molecule has 106 valence electrons. The van der Waals surface area contributed by atoms with E-state index >= 15 is 0 Å². The standard InChI is InChI=1S/C15H22ClNO2/c1-3-4-5-8-17-10-13(18)11-19-14-6-7-15(16)12(2)9-14/h3-4,6-7,9,13,17-18H,5,8,10-11H2,1-2H3/b4-3+. The average Bonchev–Trinajstić information content (AvgIpc) is 2.40. The minimum absolute atomic E-state index is 0.275. The summed E-state index contributed by atoms with van der Waals surface area (Å²) in [6, 6.07) is 5.48. The van der Waals surface area contributed by atoms with Crippen molar-refractivity contribution in [3.05, 3.63) is 40.9 Å². The predicted molar refractivity (Wildman–Crippen MR) is 80.0 cm³/mol. The first-order valence-electron chi connectivity index (χ1n) is 6.52. The highest BCUT2D eigenvalue weighted by atomic mass is 35.5. The van der Waals surface area contributed by atoms with E-state index in [2.05, 4.69) is 11.4 Å². The predicted octanol–water partition coefficient (Wildman–Crippen LogP) is 2.94. The number of nitrogens with one attached hydrogen (secondary N) is 1. The van der Waals surface area contributed by atoms with Crippen LogP contribution in [0, 0.1) is 6.92 Å². The lowest BCUT2D eigenvalue weighted by molar-refractivity contribution is 0.106. The van der Waals surface area contributed by atoms with Gasteiger partial charge in [0.15, 0.2) is 0 Å². The molecule has 0 aliphatic carbocycles. The second-order valence-electron chi connectivity index (χ2n) is 4.44. The van der Waals surface area contributed by atoms with Crippen LogP contribution in [0.4, 0.5) is 0 Å². The monoisotopic (exact) mass is 283 g/mol. The van der Waals surface area contributed by atoms with Crippen LogP contribution in [0.1, 0.15) is 18.9 Å².